The Bertz CT molecular complexity index is 1360. The van der Waals surface area contributed by atoms with Gasteiger partial charge in [0.2, 0.25) is 10.0 Å². The monoisotopic (exact) mass is 469 g/mol. The summed E-state index contributed by atoms with van der Waals surface area (Å²) in [6.45, 7) is 0.603. The minimum atomic E-state index is -3.80. The van der Waals surface area contributed by atoms with Gasteiger partial charge in [-0.25, -0.2) is 32.0 Å². The standard InChI is InChI=1S/C23H21F2N5O2S/c24-20-11-6-17(12-21(20)25)14-27-15-22-28-23(13-16-4-2-1-3-5-16)30(29-22)18-7-9-19(10-8-18)33(26,31)32/h1-12,27H,13-15H2,(H2,26,31,32). The summed E-state index contributed by atoms with van der Waals surface area (Å²) in [5.41, 5.74) is 2.26. The van der Waals surface area contributed by atoms with Gasteiger partial charge in [-0.3, -0.25) is 0 Å². The van der Waals surface area contributed by atoms with E-state index in [2.05, 4.69) is 15.4 Å². The number of sulfonamides is 1. The second-order valence-electron chi connectivity index (χ2n) is 7.41. The van der Waals surface area contributed by atoms with E-state index in [0.717, 1.165) is 17.7 Å². The first-order chi connectivity index (χ1) is 15.8. The van der Waals surface area contributed by atoms with Crippen LogP contribution in [0.1, 0.15) is 22.8 Å². The third-order valence-electron chi connectivity index (χ3n) is 4.93. The smallest absolute Gasteiger partial charge is 0.238 e. The maximum absolute atomic E-state index is 13.4. The SMILES string of the molecule is NS(=O)(=O)c1ccc(-n2nc(CNCc3ccc(F)c(F)c3)nc2Cc2ccccc2)cc1. The van der Waals surface area contributed by atoms with E-state index in [-0.39, 0.29) is 4.90 Å². The van der Waals surface area contributed by atoms with E-state index in [0.29, 0.717) is 42.4 Å². The molecule has 0 amide bonds. The average molecular weight is 470 g/mol. The van der Waals surface area contributed by atoms with Gasteiger partial charge in [0.05, 0.1) is 17.1 Å². The van der Waals surface area contributed by atoms with Gasteiger partial charge in [-0.15, -0.1) is 5.10 Å². The fourth-order valence-electron chi connectivity index (χ4n) is 3.31. The van der Waals surface area contributed by atoms with Crippen LogP contribution < -0.4 is 10.5 Å². The molecule has 170 valence electrons. The van der Waals surface area contributed by atoms with E-state index in [1.54, 1.807) is 16.8 Å². The molecule has 0 saturated carbocycles. The van der Waals surface area contributed by atoms with Gasteiger partial charge >= 0.3 is 0 Å². The zero-order chi connectivity index (χ0) is 23.4. The van der Waals surface area contributed by atoms with E-state index < -0.39 is 21.7 Å². The van der Waals surface area contributed by atoms with Crippen molar-refractivity contribution in [2.24, 2.45) is 5.14 Å². The Kier molecular flexibility index (Phi) is 6.59. The topological polar surface area (TPSA) is 103 Å². The number of halogens is 2. The molecule has 0 spiro atoms. The molecular weight excluding hydrogens is 448 g/mol. The van der Waals surface area contributed by atoms with Crippen molar-refractivity contribution in [1.82, 2.24) is 20.1 Å². The molecule has 4 rings (SSSR count). The summed E-state index contributed by atoms with van der Waals surface area (Å²) in [6.07, 6.45) is 0.508. The van der Waals surface area contributed by atoms with Gasteiger partial charge < -0.3 is 5.32 Å². The lowest BCUT2D eigenvalue weighted by molar-refractivity contribution is 0.505. The predicted octanol–water partition coefficient (Wildman–Crippen LogP) is 3.07. The lowest BCUT2D eigenvalue weighted by Gasteiger charge is -2.07. The normalized spacial score (nSPS) is 11.6. The molecule has 0 radical (unpaired) electrons. The Hall–Kier alpha value is -3.47. The van der Waals surface area contributed by atoms with Gasteiger partial charge in [0.25, 0.3) is 0 Å². The van der Waals surface area contributed by atoms with E-state index in [9.17, 15) is 17.2 Å². The highest BCUT2D eigenvalue weighted by molar-refractivity contribution is 7.89. The van der Waals surface area contributed by atoms with Crippen molar-refractivity contribution in [3.63, 3.8) is 0 Å². The molecule has 0 aliphatic carbocycles. The second-order valence-corrected chi connectivity index (χ2v) is 8.97. The fraction of sp³-hybridized carbons (Fsp3) is 0.130. The highest BCUT2D eigenvalue weighted by Gasteiger charge is 2.14. The van der Waals surface area contributed by atoms with Crippen molar-refractivity contribution in [3.05, 3.63) is 107 Å². The van der Waals surface area contributed by atoms with Crippen molar-refractivity contribution in [2.75, 3.05) is 0 Å². The van der Waals surface area contributed by atoms with Gasteiger partial charge in [-0.05, 0) is 47.5 Å². The first kappa shape index (κ1) is 22.7. The molecule has 0 unspecified atom stereocenters. The Morgan fingerprint density at radius 2 is 1.61 bits per heavy atom. The number of aromatic nitrogens is 3. The predicted molar refractivity (Wildman–Crippen MR) is 119 cm³/mol. The van der Waals surface area contributed by atoms with Crippen LogP contribution in [-0.2, 0) is 29.5 Å². The van der Waals surface area contributed by atoms with Gasteiger partial charge in [-0.1, -0.05) is 36.4 Å². The number of nitrogens with two attached hydrogens (primary N) is 1. The van der Waals surface area contributed by atoms with Crippen molar-refractivity contribution in [1.29, 1.82) is 0 Å². The van der Waals surface area contributed by atoms with Gasteiger partial charge in [0.15, 0.2) is 17.5 Å². The molecule has 1 heterocycles. The highest BCUT2D eigenvalue weighted by atomic mass is 32.2. The van der Waals surface area contributed by atoms with Crippen LogP contribution in [0.5, 0.6) is 0 Å². The number of nitrogens with one attached hydrogen (secondary N) is 1. The summed E-state index contributed by atoms with van der Waals surface area (Å²) in [5, 5.41) is 12.9. The van der Waals surface area contributed by atoms with Crippen molar-refractivity contribution >= 4 is 10.0 Å². The lowest BCUT2D eigenvalue weighted by Crippen LogP contribution is -2.14. The highest BCUT2D eigenvalue weighted by Crippen LogP contribution is 2.17. The van der Waals surface area contributed by atoms with Gasteiger partial charge in [0.1, 0.15) is 5.82 Å². The number of hydrogen-bond acceptors (Lipinski definition) is 5. The zero-order valence-corrected chi connectivity index (χ0v) is 18.3. The maximum atomic E-state index is 13.4. The molecule has 7 nitrogen and oxygen atoms in total. The number of rotatable bonds is 8. The summed E-state index contributed by atoms with van der Waals surface area (Å²) in [5.74, 6) is -0.629. The summed E-state index contributed by atoms with van der Waals surface area (Å²) < 4.78 is 51.3. The van der Waals surface area contributed by atoms with Gasteiger partial charge in [0, 0.05) is 13.0 Å². The molecule has 1 aromatic heterocycles. The molecule has 0 atom stereocenters. The van der Waals surface area contributed by atoms with Crippen LogP contribution in [0, 0.1) is 11.6 Å². The van der Waals surface area contributed by atoms with Crippen LogP contribution in [0.3, 0.4) is 0 Å². The number of nitrogens with zero attached hydrogens (tertiary/aromatic N) is 3. The van der Waals surface area contributed by atoms with E-state index in [1.807, 2.05) is 30.3 Å². The largest absolute Gasteiger partial charge is 0.306 e. The molecule has 0 saturated heterocycles. The molecule has 0 bridgehead atoms. The Morgan fingerprint density at radius 1 is 0.879 bits per heavy atom. The molecule has 10 heteroatoms. The van der Waals surface area contributed by atoms with Crippen LogP contribution >= 0.6 is 0 Å². The molecular formula is C23H21F2N5O2S. The van der Waals surface area contributed by atoms with E-state index in [1.165, 1.54) is 18.2 Å². The minimum Gasteiger partial charge on any atom is -0.306 e. The van der Waals surface area contributed by atoms with Crippen molar-refractivity contribution in [2.45, 2.75) is 24.4 Å². The van der Waals surface area contributed by atoms with Crippen LogP contribution in [0.25, 0.3) is 5.69 Å². The molecule has 3 N–H and O–H groups in total. The number of benzene rings is 3. The third-order valence-corrected chi connectivity index (χ3v) is 5.86. The first-order valence-corrected chi connectivity index (χ1v) is 11.6. The summed E-state index contributed by atoms with van der Waals surface area (Å²) in [7, 11) is -3.80. The van der Waals surface area contributed by atoms with E-state index >= 15 is 0 Å². The molecule has 0 aliphatic rings. The maximum Gasteiger partial charge on any atom is 0.238 e. The second kappa shape index (κ2) is 9.57. The number of primary sulfonamides is 1. The minimum absolute atomic E-state index is 0.00407. The zero-order valence-electron chi connectivity index (χ0n) is 17.4. The molecule has 33 heavy (non-hydrogen) atoms. The lowest BCUT2D eigenvalue weighted by atomic mass is 10.1. The third kappa shape index (κ3) is 5.67. The summed E-state index contributed by atoms with van der Waals surface area (Å²) >= 11 is 0. The fourth-order valence-corrected chi connectivity index (χ4v) is 3.83. The summed E-state index contributed by atoms with van der Waals surface area (Å²) in [6, 6.07) is 19.5. The molecule has 0 aliphatic heterocycles. The summed E-state index contributed by atoms with van der Waals surface area (Å²) in [4.78, 5) is 4.63. The van der Waals surface area contributed by atoms with Crippen molar-refractivity contribution < 1.29 is 17.2 Å². The average Bonchev–Trinajstić information content (AvgIpc) is 3.19. The quantitative estimate of drug-likeness (QED) is 0.413. The van der Waals surface area contributed by atoms with E-state index in [4.69, 9.17) is 5.14 Å². The van der Waals surface area contributed by atoms with Crippen LogP contribution in [-0.4, -0.2) is 23.2 Å². The Labute approximate surface area is 190 Å². The van der Waals surface area contributed by atoms with Crippen molar-refractivity contribution in [3.8, 4) is 5.69 Å². The molecule has 0 fully saturated rings. The van der Waals surface area contributed by atoms with Crippen LogP contribution in [0.4, 0.5) is 8.78 Å². The molecule has 4 aromatic rings. The first-order valence-electron chi connectivity index (χ1n) is 10.1. The van der Waals surface area contributed by atoms with Crippen LogP contribution in [0.15, 0.2) is 77.7 Å². The Balaban J connectivity index is 1.57. The Morgan fingerprint density at radius 3 is 2.27 bits per heavy atom. The van der Waals surface area contributed by atoms with Gasteiger partial charge in [-0.2, -0.15) is 0 Å². The number of hydrogen-bond donors (Lipinski definition) is 2. The van der Waals surface area contributed by atoms with Crippen LogP contribution in [0.2, 0.25) is 0 Å². The molecule has 3 aromatic carbocycles.